The van der Waals surface area contributed by atoms with E-state index in [1.165, 1.54) is 31.4 Å². The number of rotatable bonds is 7. The molecular formula is C30H21F3N4O4. The monoisotopic (exact) mass is 558 g/mol. The highest BCUT2D eigenvalue weighted by atomic mass is 19.4. The molecule has 5 rings (SSSR count). The summed E-state index contributed by atoms with van der Waals surface area (Å²) in [5.41, 5.74) is -3.09. The van der Waals surface area contributed by atoms with Crippen molar-refractivity contribution in [3.8, 4) is 17.6 Å². The number of aromatic nitrogens is 1. The Bertz CT molecular complexity index is 1760. The molecule has 0 bridgehead atoms. The number of benzene rings is 3. The molecule has 1 aliphatic rings. The minimum absolute atomic E-state index is 0.149. The minimum atomic E-state index is -4.88. The predicted octanol–water partition coefficient (Wildman–Crippen LogP) is 6.14. The Balaban J connectivity index is 1.45. The third-order valence-electron chi connectivity index (χ3n) is 6.77. The first-order chi connectivity index (χ1) is 19.6. The Morgan fingerprint density at radius 3 is 2.37 bits per heavy atom. The van der Waals surface area contributed by atoms with Gasteiger partial charge in [-0.2, -0.15) is 18.4 Å². The smallest absolute Gasteiger partial charge is 0.417 e. The second-order valence-electron chi connectivity index (χ2n) is 9.45. The normalized spacial score (nSPS) is 13.6. The molecule has 1 heterocycles. The van der Waals surface area contributed by atoms with Crippen molar-refractivity contribution in [3.05, 3.63) is 95.3 Å². The third kappa shape index (κ3) is 5.32. The van der Waals surface area contributed by atoms with Crippen LogP contribution in [-0.4, -0.2) is 29.6 Å². The van der Waals surface area contributed by atoms with Crippen molar-refractivity contribution in [2.24, 2.45) is 5.41 Å². The van der Waals surface area contributed by atoms with Gasteiger partial charge in [-0.15, -0.1) is 0 Å². The number of ether oxygens (including phenoxy) is 1. The molecule has 0 atom stereocenters. The summed E-state index contributed by atoms with van der Waals surface area (Å²) in [5, 5.41) is 15.3. The van der Waals surface area contributed by atoms with E-state index in [0.717, 1.165) is 6.07 Å². The van der Waals surface area contributed by atoms with E-state index in [0.29, 0.717) is 28.3 Å². The molecule has 1 fully saturated rings. The zero-order chi connectivity index (χ0) is 29.4. The standard InChI is InChI=1S/C30H21F3N4O4/c1-35-28(40)24-15-18(10-13-36-24)41-25-7-3-4-19-20(25)5-2-6-21(19)27(39)37-17-8-9-22(23(14-17)30(31,32)33)26(38)29(16-34)11-12-29/h2-10,13-15H,11-12H2,1H3,(H,35,40)(H,37,39). The van der Waals surface area contributed by atoms with Crippen LogP contribution in [0.1, 0.15) is 49.6 Å². The Morgan fingerprint density at radius 1 is 0.951 bits per heavy atom. The number of hydrogen-bond acceptors (Lipinski definition) is 6. The molecule has 1 aromatic heterocycles. The van der Waals surface area contributed by atoms with E-state index < -0.39 is 40.3 Å². The molecule has 0 saturated heterocycles. The minimum Gasteiger partial charge on any atom is -0.457 e. The average molecular weight is 559 g/mol. The zero-order valence-corrected chi connectivity index (χ0v) is 21.5. The van der Waals surface area contributed by atoms with Gasteiger partial charge < -0.3 is 15.4 Å². The molecule has 2 N–H and O–H groups in total. The number of ketones is 1. The lowest BCUT2D eigenvalue weighted by atomic mass is 9.92. The van der Waals surface area contributed by atoms with Gasteiger partial charge >= 0.3 is 6.18 Å². The summed E-state index contributed by atoms with van der Waals surface area (Å²) < 4.78 is 47.7. The van der Waals surface area contributed by atoms with Crippen LogP contribution in [-0.2, 0) is 6.18 Å². The highest BCUT2D eigenvalue weighted by Crippen LogP contribution is 2.49. The number of nitrogens with one attached hydrogen (secondary N) is 2. The summed E-state index contributed by atoms with van der Waals surface area (Å²) in [4.78, 5) is 41.9. The van der Waals surface area contributed by atoms with Crippen molar-refractivity contribution in [1.82, 2.24) is 10.3 Å². The Hall–Kier alpha value is -5.24. The number of fused-ring (bicyclic) bond motifs is 1. The second-order valence-corrected chi connectivity index (χ2v) is 9.45. The predicted molar refractivity (Wildman–Crippen MR) is 143 cm³/mol. The van der Waals surface area contributed by atoms with Crippen LogP contribution >= 0.6 is 0 Å². The molecule has 206 valence electrons. The fraction of sp³-hybridized carbons (Fsp3) is 0.167. The van der Waals surface area contributed by atoms with Crippen LogP contribution in [0, 0.1) is 16.7 Å². The van der Waals surface area contributed by atoms with Gasteiger partial charge in [0.2, 0.25) is 0 Å². The van der Waals surface area contributed by atoms with Crippen LogP contribution < -0.4 is 15.4 Å². The number of amides is 2. The number of hydrogen-bond donors (Lipinski definition) is 2. The maximum atomic E-state index is 13.9. The number of carbonyl (C=O) groups excluding carboxylic acids is 3. The van der Waals surface area contributed by atoms with Gasteiger partial charge in [0.25, 0.3) is 11.8 Å². The maximum Gasteiger partial charge on any atom is 0.417 e. The zero-order valence-electron chi connectivity index (χ0n) is 21.5. The fourth-order valence-electron chi connectivity index (χ4n) is 4.45. The lowest BCUT2D eigenvalue weighted by Gasteiger charge is -2.16. The molecular weight excluding hydrogens is 537 g/mol. The molecule has 1 saturated carbocycles. The van der Waals surface area contributed by atoms with Crippen LogP contribution in [0.2, 0.25) is 0 Å². The second kappa shape index (κ2) is 10.4. The molecule has 11 heteroatoms. The van der Waals surface area contributed by atoms with Gasteiger partial charge in [-0.05, 0) is 54.6 Å². The summed E-state index contributed by atoms with van der Waals surface area (Å²) in [6.07, 6.45) is -3.04. The summed E-state index contributed by atoms with van der Waals surface area (Å²) in [5.74, 6) is -1.24. The maximum absolute atomic E-state index is 13.9. The third-order valence-corrected chi connectivity index (χ3v) is 6.77. The number of nitrogens with zero attached hydrogens (tertiary/aromatic N) is 2. The van der Waals surface area contributed by atoms with Crippen molar-refractivity contribution in [2.45, 2.75) is 19.0 Å². The van der Waals surface area contributed by atoms with E-state index in [2.05, 4.69) is 15.6 Å². The highest BCUT2D eigenvalue weighted by molar-refractivity contribution is 6.14. The van der Waals surface area contributed by atoms with E-state index in [4.69, 9.17) is 4.74 Å². The van der Waals surface area contributed by atoms with Crippen molar-refractivity contribution >= 4 is 34.1 Å². The summed E-state index contributed by atoms with van der Waals surface area (Å²) in [6.45, 7) is 0. The van der Waals surface area contributed by atoms with E-state index in [9.17, 15) is 32.8 Å². The quantitative estimate of drug-likeness (QED) is 0.263. The number of carbonyl (C=O) groups is 3. The molecule has 41 heavy (non-hydrogen) atoms. The molecule has 0 aliphatic heterocycles. The lowest BCUT2D eigenvalue weighted by Crippen LogP contribution is -2.21. The topological polar surface area (TPSA) is 121 Å². The van der Waals surface area contributed by atoms with Gasteiger partial charge in [0.05, 0.1) is 11.6 Å². The first kappa shape index (κ1) is 27.3. The number of alkyl halides is 3. The van der Waals surface area contributed by atoms with Gasteiger partial charge in [0.1, 0.15) is 22.6 Å². The first-order valence-corrected chi connectivity index (χ1v) is 12.4. The number of halogens is 3. The van der Waals surface area contributed by atoms with Crippen molar-refractivity contribution in [2.75, 3.05) is 12.4 Å². The number of nitriles is 1. The Labute approximate surface area is 231 Å². The van der Waals surface area contributed by atoms with Crippen LogP contribution in [0.15, 0.2) is 72.9 Å². The SMILES string of the molecule is CNC(=O)c1cc(Oc2cccc3c(C(=O)Nc4ccc(C(=O)C5(C#N)CC5)c(C(F)(F)F)c4)cccc23)ccn1. The summed E-state index contributed by atoms with van der Waals surface area (Å²) in [7, 11) is 1.48. The van der Waals surface area contributed by atoms with E-state index >= 15 is 0 Å². The van der Waals surface area contributed by atoms with Crippen LogP contribution in [0.4, 0.5) is 18.9 Å². The van der Waals surface area contributed by atoms with Crippen LogP contribution in [0.5, 0.6) is 11.5 Å². The van der Waals surface area contributed by atoms with Crippen LogP contribution in [0.3, 0.4) is 0 Å². The molecule has 1 aliphatic carbocycles. The van der Waals surface area contributed by atoms with Gasteiger partial charge in [0, 0.05) is 41.5 Å². The van der Waals surface area contributed by atoms with E-state index in [1.54, 1.807) is 36.4 Å². The van der Waals surface area contributed by atoms with Crippen LogP contribution in [0.25, 0.3) is 10.8 Å². The summed E-state index contributed by atoms with van der Waals surface area (Å²) in [6, 6.07) is 17.6. The van der Waals surface area contributed by atoms with Gasteiger partial charge in [-0.25, -0.2) is 0 Å². The van der Waals surface area contributed by atoms with Crippen molar-refractivity contribution in [3.63, 3.8) is 0 Å². The Kier molecular flexibility index (Phi) is 6.92. The molecule has 3 aromatic carbocycles. The largest absolute Gasteiger partial charge is 0.457 e. The number of anilines is 1. The van der Waals surface area contributed by atoms with Gasteiger partial charge in [-0.3, -0.25) is 19.4 Å². The Morgan fingerprint density at radius 2 is 1.68 bits per heavy atom. The van der Waals surface area contributed by atoms with Crippen molar-refractivity contribution < 1.29 is 32.3 Å². The molecule has 0 radical (unpaired) electrons. The molecule has 2 amide bonds. The number of Topliss-reactive ketones (excluding diaryl/α,β-unsaturated/α-hetero) is 1. The van der Waals surface area contributed by atoms with Gasteiger partial charge in [-0.1, -0.05) is 24.3 Å². The molecule has 8 nitrogen and oxygen atoms in total. The lowest BCUT2D eigenvalue weighted by molar-refractivity contribution is -0.137. The highest BCUT2D eigenvalue weighted by Gasteiger charge is 2.52. The average Bonchev–Trinajstić information content (AvgIpc) is 3.77. The van der Waals surface area contributed by atoms with E-state index in [1.807, 2.05) is 6.07 Å². The molecule has 4 aromatic rings. The molecule has 0 unspecified atom stereocenters. The van der Waals surface area contributed by atoms with E-state index in [-0.39, 0.29) is 29.8 Å². The van der Waals surface area contributed by atoms with Gasteiger partial charge in [0.15, 0.2) is 5.78 Å². The summed E-state index contributed by atoms with van der Waals surface area (Å²) >= 11 is 0. The number of pyridine rings is 1. The van der Waals surface area contributed by atoms with Crippen molar-refractivity contribution in [1.29, 1.82) is 5.26 Å². The fourth-order valence-corrected chi connectivity index (χ4v) is 4.45. The first-order valence-electron chi connectivity index (χ1n) is 12.4. The molecule has 0 spiro atoms.